The zero-order valence-corrected chi connectivity index (χ0v) is 12.5. The quantitative estimate of drug-likeness (QED) is 0.804. The Kier molecular flexibility index (Phi) is 4.10. The summed E-state index contributed by atoms with van der Waals surface area (Å²) >= 11 is 1.50. The summed E-state index contributed by atoms with van der Waals surface area (Å²) in [6.07, 6.45) is 3.31. The summed E-state index contributed by atoms with van der Waals surface area (Å²) in [6.45, 7) is 3.72. The van der Waals surface area contributed by atoms with Crippen LogP contribution in [0.5, 0.6) is 0 Å². The number of hydrogen-bond acceptors (Lipinski definition) is 4. The molecule has 2 aromatic heterocycles. The van der Waals surface area contributed by atoms with Crippen LogP contribution in [0.25, 0.3) is 0 Å². The molecule has 1 unspecified atom stereocenters. The Labute approximate surface area is 121 Å². The number of nitrogens with one attached hydrogen (secondary N) is 2. The van der Waals surface area contributed by atoms with Gasteiger partial charge in [0, 0.05) is 23.7 Å². The van der Waals surface area contributed by atoms with Crippen LogP contribution in [0.2, 0.25) is 0 Å². The zero-order chi connectivity index (χ0) is 14.8. The number of aryl methyl sites for hydroxylation is 2. The molecule has 0 fully saturated rings. The molecule has 0 aromatic carbocycles. The third-order valence-electron chi connectivity index (χ3n) is 2.90. The van der Waals surface area contributed by atoms with E-state index in [0.29, 0.717) is 5.56 Å². The molecule has 0 saturated carbocycles. The average Bonchev–Trinajstić information content (AvgIpc) is 2.96. The van der Waals surface area contributed by atoms with Crippen molar-refractivity contribution in [2.75, 3.05) is 11.9 Å². The summed E-state index contributed by atoms with van der Waals surface area (Å²) in [5, 5.41) is 20.5. The van der Waals surface area contributed by atoms with E-state index >= 15 is 0 Å². The summed E-state index contributed by atoms with van der Waals surface area (Å²) in [4.78, 5) is 12.9. The van der Waals surface area contributed by atoms with E-state index < -0.39 is 5.60 Å². The molecule has 2 rings (SSSR count). The summed E-state index contributed by atoms with van der Waals surface area (Å²) in [7, 11) is 1.78. The molecule has 2 heterocycles. The van der Waals surface area contributed by atoms with Gasteiger partial charge < -0.3 is 10.4 Å². The fourth-order valence-electron chi connectivity index (χ4n) is 1.71. The van der Waals surface area contributed by atoms with E-state index in [1.807, 2.05) is 19.1 Å². The number of anilines is 1. The Morgan fingerprint density at radius 2 is 2.30 bits per heavy atom. The zero-order valence-electron chi connectivity index (χ0n) is 11.7. The van der Waals surface area contributed by atoms with Gasteiger partial charge in [-0.25, -0.2) is 4.79 Å². The number of aliphatic hydroxyl groups is 1. The van der Waals surface area contributed by atoms with Crippen LogP contribution >= 0.6 is 11.3 Å². The first-order chi connectivity index (χ1) is 9.37. The lowest BCUT2D eigenvalue weighted by Crippen LogP contribution is -2.40. The normalized spacial score (nSPS) is 13.8. The molecule has 108 valence electrons. The van der Waals surface area contributed by atoms with E-state index in [1.165, 1.54) is 11.3 Å². The highest BCUT2D eigenvalue weighted by atomic mass is 32.1. The number of aromatic nitrogens is 2. The number of amides is 2. The molecule has 2 aromatic rings. The van der Waals surface area contributed by atoms with Gasteiger partial charge in [0.15, 0.2) is 0 Å². The first-order valence-corrected chi connectivity index (χ1v) is 7.01. The lowest BCUT2D eigenvalue weighted by Gasteiger charge is -2.22. The van der Waals surface area contributed by atoms with Gasteiger partial charge in [0.1, 0.15) is 5.60 Å². The largest absolute Gasteiger partial charge is 0.383 e. The topological polar surface area (TPSA) is 79.2 Å². The number of carbonyl (C=O) groups excluding carboxylic acids is 1. The second-order valence-electron chi connectivity index (χ2n) is 4.89. The van der Waals surface area contributed by atoms with Crippen molar-refractivity contribution in [1.82, 2.24) is 15.1 Å². The number of rotatable bonds is 4. The van der Waals surface area contributed by atoms with Crippen LogP contribution in [-0.2, 0) is 12.6 Å². The molecular weight excluding hydrogens is 276 g/mol. The molecule has 0 spiro atoms. The highest BCUT2D eigenvalue weighted by molar-refractivity contribution is 7.16. The fraction of sp³-hybridized carbons (Fsp3) is 0.385. The first-order valence-electron chi connectivity index (χ1n) is 6.19. The van der Waals surface area contributed by atoms with Crippen molar-refractivity contribution < 1.29 is 9.90 Å². The summed E-state index contributed by atoms with van der Waals surface area (Å²) in [6, 6.07) is 3.45. The minimum Gasteiger partial charge on any atom is -0.383 e. The van der Waals surface area contributed by atoms with Crippen molar-refractivity contribution in [3.63, 3.8) is 0 Å². The molecular formula is C13H18N4O2S. The Hall–Kier alpha value is -1.86. The molecule has 0 aliphatic rings. The van der Waals surface area contributed by atoms with Crippen molar-refractivity contribution in [3.05, 3.63) is 35.0 Å². The summed E-state index contributed by atoms with van der Waals surface area (Å²) in [5.41, 5.74) is -0.496. The van der Waals surface area contributed by atoms with Crippen molar-refractivity contribution in [1.29, 1.82) is 0 Å². The van der Waals surface area contributed by atoms with Crippen LogP contribution in [0.15, 0.2) is 24.5 Å². The van der Waals surface area contributed by atoms with Gasteiger partial charge in [-0.15, -0.1) is 11.3 Å². The molecule has 20 heavy (non-hydrogen) atoms. The van der Waals surface area contributed by atoms with Gasteiger partial charge in [-0.2, -0.15) is 5.10 Å². The Morgan fingerprint density at radius 3 is 2.85 bits per heavy atom. The van der Waals surface area contributed by atoms with Crippen molar-refractivity contribution in [3.8, 4) is 0 Å². The smallest absolute Gasteiger partial charge is 0.319 e. The van der Waals surface area contributed by atoms with E-state index in [0.717, 1.165) is 9.88 Å². The lowest BCUT2D eigenvalue weighted by atomic mass is 10.00. The number of hydrogen-bond donors (Lipinski definition) is 3. The molecule has 3 N–H and O–H groups in total. The molecule has 6 nitrogen and oxygen atoms in total. The van der Waals surface area contributed by atoms with Crippen LogP contribution in [0.3, 0.4) is 0 Å². The Balaban J connectivity index is 1.89. The van der Waals surface area contributed by atoms with Crippen LogP contribution in [0.4, 0.5) is 9.80 Å². The minimum atomic E-state index is -1.16. The Bertz CT molecular complexity index is 603. The van der Waals surface area contributed by atoms with Crippen LogP contribution in [0.1, 0.15) is 17.4 Å². The van der Waals surface area contributed by atoms with Gasteiger partial charge in [0.2, 0.25) is 0 Å². The maximum atomic E-state index is 11.8. The Morgan fingerprint density at radius 1 is 1.55 bits per heavy atom. The molecule has 0 radical (unpaired) electrons. The second kappa shape index (κ2) is 5.64. The van der Waals surface area contributed by atoms with Crippen LogP contribution < -0.4 is 10.6 Å². The third-order valence-corrected chi connectivity index (χ3v) is 3.81. The molecule has 0 aliphatic heterocycles. The molecule has 0 saturated heterocycles. The van der Waals surface area contributed by atoms with Crippen LogP contribution in [0, 0.1) is 6.92 Å². The van der Waals surface area contributed by atoms with E-state index in [-0.39, 0.29) is 12.6 Å². The van der Waals surface area contributed by atoms with E-state index in [2.05, 4.69) is 15.7 Å². The molecule has 2 amide bonds. The van der Waals surface area contributed by atoms with E-state index in [4.69, 9.17) is 0 Å². The van der Waals surface area contributed by atoms with Crippen molar-refractivity contribution >= 4 is 22.4 Å². The monoisotopic (exact) mass is 294 g/mol. The lowest BCUT2D eigenvalue weighted by molar-refractivity contribution is 0.0599. The standard InChI is InChI=1S/C13H18N4O2S/c1-9-4-5-11(20-9)16-12(18)14-8-13(2,19)10-6-15-17(3)7-10/h4-7,19H,8H2,1-3H3,(H2,14,16,18). The summed E-state index contributed by atoms with van der Waals surface area (Å²) in [5.74, 6) is 0. The SMILES string of the molecule is Cc1ccc(NC(=O)NCC(C)(O)c2cnn(C)c2)s1. The van der Waals surface area contributed by atoms with E-state index in [1.54, 1.807) is 31.0 Å². The number of thiophene rings is 1. The van der Waals surface area contributed by atoms with Gasteiger partial charge in [-0.3, -0.25) is 10.00 Å². The number of carbonyl (C=O) groups is 1. The minimum absolute atomic E-state index is 0.106. The fourth-order valence-corrected chi connectivity index (χ4v) is 2.47. The van der Waals surface area contributed by atoms with Gasteiger partial charge >= 0.3 is 6.03 Å². The van der Waals surface area contributed by atoms with Gasteiger partial charge in [0.25, 0.3) is 0 Å². The van der Waals surface area contributed by atoms with Gasteiger partial charge in [0.05, 0.1) is 17.7 Å². The van der Waals surface area contributed by atoms with Gasteiger partial charge in [-0.05, 0) is 26.0 Å². The predicted molar refractivity (Wildman–Crippen MR) is 78.9 cm³/mol. The highest BCUT2D eigenvalue weighted by Crippen LogP contribution is 2.21. The van der Waals surface area contributed by atoms with Crippen LogP contribution in [-0.4, -0.2) is 27.5 Å². The number of nitrogens with zero attached hydrogens (tertiary/aromatic N) is 2. The molecule has 7 heteroatoms. The first kappa shape index (κ1) is 14.5. The van der Waals surface area contributed by atoms with Gasteiger partial charge in [-0.1, -0.05) is 0 Å². The molecule has 0 aliphatic carbocycles. The molecule has 0 bridgehead atoms. The highest BCUT2D eigenvalue weighted by Gasteiger charge is 2.25. The molecule has 1 atom stereocenters. The maximum Gasteiger partial charge on any atom is 0.319 e. The summed E-state index contributed by atoms with van der Waals surface area (Å²) < 4.78 is 1.61. The van der Waals surface area contributed by atoms with Crippen molar-refractivity contribution in [2.24, 2.45) is 7.05 Å². The average molecular weight is 294 g/mol. The predicted octanol–water partition coefficient (Wildman–Crippen LogP) is 1.82. The second-order valence-corrected chi connectivity index (χ2v) is 6.18. The maximum absolute atomic E-state index is 11.8. The van der Waals surface area contributed by atoms with Crippen molar-refractivity contribution in [2.45, 2.75) is 19.4 Å². The third kappa shape index (κ3) is 3.58. The van der Waals surface area contributed by atoms with E-state index in [9.17, 15) is 9.90 Å². The number of urea groups is 1.